The first-order chi connectivity index (χ1) is 7.50. The zero-order valence-corrected chi connectivity index (χ0v) is 10.7. The predicted octanol–water partition coefficient (Wildman–Crippen LogP) is 2.02. The monoisotopic (exact) mass is 225 g/mol. The molecule has 1 heterocycles. The number of ketones is 1. The summed E-state index contributed by atoms with van der Waals surface area (Å²) in [5.41, 5.74) is 1.06. The summed E-state index contributed by atoms with van der Waals surface area (Å²) in [4.78, 5) is 14.2. The van der Waals surface area contributed by atoms with E-state index in [0.717, 1.165) is 25.1 Å². The number of hydrogen-bond acceptors (Lipinski definition) is 3. The van der Waals surface area contributed by atoms with Gasteiger partial charge in [-0.2, -0.15) is 0 Å². The first kappa shape index (κ1) is 13.4. The first-order valence-electron chi connectivity index (χ1n) is 6.03. The van der Waals surface area contributed by atoms with Gasteiger partial charge >= 0.3 is 0 Å². The highest BCUT2D eigenvalue weighted by atomic mass is 16.5. The van der Waals surface area contributed by atoms with Crippen LogP contribution in [0.25, 0.3) is 0 Å². The lowest BCUT2D eigenvalue weighted by molar-refractivity contribution is -0.137. The lowest BCUT2D eigenvalue weighted by Gasteiger charge is -2.34. The lowest BCUT2D eigenvalue weighted by Crippen LogP contribution is -2.48. The largest absolute Gasteiger partial charge is 0.368 e. The van der Waals surface area contributed by atoms with Crippen LogP contribution in [-0.4, -0.2) is 42.5 Å². The van der Waals surface area contributed by atoms with Crippen molar-refractivity contribution in [2.24, 2.45) is 0 Å². The van der Waals surface area contributed by atoms with Gasteiger partial charge in [-0.25, -0.2) is 0 Å². The van der Waals surface area contributed by atoms with Crippen molar-refractivity contribution in [2.45, 2.75) is 45.8 Å². The van der Waals surface area contributed by atoms with Gasteiger partial charge in [-0.05, 0) is 27.2 Å². The molecule has 16 heavy (non-hydrogen) atoms. The van der Waals surface area contributed by atoms with Crippen molar-refractivity contribution in [3.8, 4) is 0 Å². The second-order valence-corrected chi connectivity index (χ2v) is 4.87. The molecule has 0 aromatic rings. The molecule has 0 N–H and O–H groups in total. The van der Waals surface area contributed by atoms with Gasteiger partial charge in [0.15, 0.2) is 5.78 Å². The van der Waals surface area contributed by atoms with Gasteiger partial charge in [0.05, 0.1) is 6.61 Å². The minimum absolute atomic E-state index is 0.216. The number of ether oxygens (including phenoxy) is 1. The van der Waals surface area contributed by atoms with E-state index in [1.807, 2.05) is 6.92 Å². The van der Waals surface area contributed by atoms with Crippen molar-refractivity contribution in [3.63, 3.8) is 0 Å². The Kier molecular flexibility index (Phi) is 5.16. The molecule has 0 radical (unpaired) electrons. The zero-order valence-electron chi connectivity index (χ0n) is 10.7. The fraction of sp³-hybridized carbons (Fsp3) is 0.769. The quantitative estimate of drug-likeness (QED) is 0.670. The van der Waals surface area contributed by atoms with Crippen LogP contribution < -0.4 is 0 Å². The SMILES string of the molecule is C=C(C)CCC(=O)C1CN(C(C)C)CCO1. The van der Waals surface area contributed by atoms with Crippen molar-refractivity contribution < 1.29 is 9.53 Å². The molecule has 1 fully saturated rings. The van der Waals surface area contributed by atoms with Crippen molar-refractivity contribution >= 4 is 5.78 Å². The second-order valence-electron chi connectivity index (χ2n) is 4.87. The Morgan fingerprint density at radius 3 is 2.75 bits per heavy atom. The highest BCUT2D eigenvalue weighted by molar-refractivity contribution is 5.83. The van der Waals surface area contributed by atoms with Gasteiger partial charge in [-0.3, -0.25) is 9.69 Å². The van der Waals surface area contributed by atoms with Crippen molar-refractivity contribution in [1.82, 2.24) is 4.90 Å². The Bertz CT molecular complexity index is 261. The van der Waals surface area contributed by atoms with Crippen molar-refractivity contribution in [2.75, 3.05) is 19.7 Å². The molecular weight excluding hydrogens is 202 g/mol. The molecule has 1 atom stereocenters. The number of nitrogens with zero attached hydrogens (tertiary/aromatic N) is 1. The molecule has 0 aliphatic carbocycles. The number of morpholine rings is 1. The fourth-order valence-corrected chi connectivity index (χ4v) is 1.83. The van der Waals surface area contributed by atoms with Gasteiger partial charge in [-0.1, -0.05) is 5.57 Å². The standard InChI is InChI=1S/C13H23NO2/c1-10(2)5-6-12(15)13-9-14(11(3)4)7-8-16-13/h11,13H,1,5-9H2,2-4H3. The number of hydrogen-bond donors (Lipinski definition) is 0. The molecule has 1 rings (SSSR count). The third kappa shape index (κ3) is 4.06. The molecule has 92 valence electrons. The van der Waals surface area contributed by atoms with Gasteiger partial charge in [0, 0.05) is 25.6 Å². The van der Waals surface area contributed by atoms with E-state index >= 15 is 0 Å². The van der Waals surface area contributed by atoms with E-state index in [4.69, 9.17) is 4.74 Å². The molecule has 1 aliphatic heterocycles. The minimum Gasteiger partial charge on any atom is -0.368 e. The molecule has 0 aromatic carbocycles. The van der Waals surface area contributed by atoms with E-state index in [0.29, 0.717) is 19.1 Å². The molecule has 0 bridgehead atoms. The van der Waals surface area contributed by atoms with E-state index in [-0.39, 0.29) is 11.9 Å². The summed E-state index contributed by atoms with van der Waals surface area (Å²) >= 11 is 0. The molecule has 1 unspecified atom stereocenters. The number of carbonyl (C=O) groups is 1. The Morgan fingerprint density at radius 2 is 2.19 bits per heavy atom. The summed E-state index contributed by atoms with van der Waals surface area (Å²) in [5.74, 6) is 0.216. The van der Waals surface area contributed by atoms with Crippen LogP contribution in [0.1, 0.15) is 33.6 Å². The molecule has 0 saturated carbocycles. The summed E-state index contributed by atoms with van der Waals surface area (Å²) in [6.45, 7) is 12.4. The minimum atomic E-state index is -0.226. The summed E-state index contributed by atoms with van der Waals surface area (Å²) in [6, 6.07) is 0.486. The normalized spacial score (nSPS) is 22.4. The Labute approximate surface area is 98.5 Å². The van der Waals surface area contributed by atoms with Gasteiger partial charge in [0.1, 0.15) is 6.10 Å². The Balaban J connectivity index is 2.40. The number of Topliss-reactive ketones (excluding diaryl/α,β-unsaturated/α-hetero) is 1. The smallest absolute Gasteiger partial charge is 0.163 e. The maximum atomic E-state index is 11.9. The van der Waals surface area contributed by atoms with E-state index < -0.39 is 0 Å². The maximum Gasteiger partial charge on any atom is 0.163 e. The van der Waals surface area contributed by atoms with E-state index in [9.17, 15) is 4.79 Å². The molecule has 3 nitrogen and oxygen atoms in total. The third-order valence-electron chi connectivity index (χ3n) is 2.99. The highest BCUT2D eigenvalue weighted by Gasteiger charge is 2.27. The first-order valence-corrected chi connectivity index (χ1v) is 6.03. The van der Waals surface area contributed by atoms with Crippen LogP contribution in [0.4, 0.5) is 0 Å². The molecule has 1 aliphatic rings. The van der Waals surface area contributed by atoms with Crippen molar-refractivity contribution in [3.05, 3.63) is 12.2 Å². The van der Waals surface area contributed by atoms with Gasteiger partial charge < -0.3 is 4.74 Å². The van der Waals surface area contributed by atoms with E-state index in [1.165, 1.54) is 0 Å². The fourth-order valence-electron chi connectivity index (χ4n) is 1.83. The molecule has 1 saturated heterocycles. The molecule has 3 heteroatoms. The van der Waals surface area contributed by atoms with Crippen LogP contribution in [0.5, 0.6) is 0 Å². The van der Waals surface area contributed by atoms with Gasteiger partial charge in [0.2, 0.25) is 0 Å². The summed E-state index contributed by atoms with van der Waals surface area (Å²) in [7, 11) is 0. The van der Waals surface area contributed by atoms with Crippen molar-refractivity contribution in [1.29, 1.82) is 0 Å². The summed E-state index contributed by atoms with van der Waals surface area (Å²) in [5, 5.41) is 0. The molecule has 0 amide bonds. The Morgan fingerprint density at radius 1 is 1.50 bits per heavy atom. The number of carbonyl (C=O) groups excluding carboxylic acids is 1. The summed E-state index contributed by atoms with van der Waals surface area (Å²) < 4.78 is 5.53. The third-order valence-corrected chi connectivity index (χ3v) is 2.99. The zero-order chi connectivity index (χ0) is 12.1. The predicted molar refractivity (Wildman–Crippen MR) is 65.5 cm³/mol. The van der Waals surface area contributed by atoms with Gasteiger partial charge in [-0.15, -0.1) is 6.58 Å². The summed E-state index contributed by atoms with van der Waals surface area (Å²) in [6.07, 6.45) is 1.11. The number of allylic oxidation sites excluding steroid dienone is 1. The second kappa shape index (κ2) is 6.16. The lowest BCUT2D eigenvalue weighted by atomic mass is 10.1. The number of rotatable bonds is 5. The van der Waals surface area contributed by atoms with Crippen LogP contribution in [0.2, 0.25) is 0 Å². The van der Waals surface area contributed by atoms with Crippen LogP contribution in [0.3, 0.4) is 0 Å². The topological polar surface area (TPSA) is 29.5 Å². The maximum absolute atomic E-state index is 11.9. The molecule has 0 spiro atoms. The highest BCUT2D eigenvalue weighted by Crippen LogP contribution is 2.12. The van der Waals surface area contributed by atoms with E-state index in [1.54, 1.807) is 0 Å². The van der Waals surface area contributed by atoms with Gasteiger partial charge in [0.25, 0.3) is 0 Å². The van der Waals surface area contributed by atoms with E-state index in [2.05, 4.69) is 25.3 Å². The molecule has 0 aromatic heterocycles. The average Bonchev–Trinajstić information content (AvgIpc) is 2.26. The Hall–Kier alpha value is -0.670. The van der Waals surface area contributed by atoms with Crippen LogP contribution >= 0.6 is 0 Å². The average molecular weight is 225 g/mol. The van der Waals surface area contributed by atoms with Crippen LogP contribution in [0, 0.1) is 0 Å². The molecular formula is C13H23NO2. The van der Waals surface area contributed by atoms with Crippen LogP contribution in [-0.2, 0) is 9.53 Å². The van der Waals surface area contributed by atoms with Crippen LogP contribution in [0.15, 0.2) is 12.2 Å².